The standard InChI is InChI=1S/C21H19FN2O2S2/c22-18-8-9-20-19(13-18)17(14-23-20)10-11-24(15-16-5-2-1-3-6-16)28(25,26)21-7-4-12-27-21/h1-9,12-14,23H,10-11,15H2. The average molecular weight is 415 g/mol. The number of thiophene rings is 1. The molecular formula is C21H19FN2O2S2. The van der Waals surface area contributed by atoms with Gasteiger partial charge in [-0.05, 0) is 47.2 Å². The molecule has 0 aliphatic carbocycles. The summed E-state index contributed by atoms with van der Waals surface area (Å²) in [6, 6.07) is 17.5. The quantitative estimate of drug-likeness (QED) is 0.472. The van der Waals surface area contributed by atoms with E-state index in [4.69, 9.17) is 0 Å². The highest BCUT2D eigenvalue weighted by Crippen LogP contribution is 2.25. The van der Waals surface area contributed by atoms with E-state index in [1.807, 2.05) is 36.5 Å². The van der Waals surface area contributed by atoms with Crippen molar-refractivity contribution in [1.29, 1.82) is 0 Å². The maximum absolute atomic E-state index is 13.6. The van der Waals surface area contributed by atoms with Gasteiger partial charge in [0.15, 0.2) is 0 Å². The van der Waals surface area contributed by atoms with Crippen molar-refractivity contribution in [3.8, 4) is 0 Å². The van der Waals surface area contributed by atoms with Crippen molar-refractivity contribution < 1.29 is 12.8 Å². The topological polar surface area (TPSA) is 53.2 Å². The van der Waals surface area contributed by atoms with Crippen LogP contribution in [0.2, 0.25) is 0 Å². The van der Waals surface area contributed by atoms with Gasteiger partial charge in [-0.15, -0.1) is 11.3 Å². The Labute approximate surface area is 167 Å². The van der Waals surface area contributed by atoms with Crippen LogP contribution in [0.15, 0.2) is 76.4 Å². The Morgan fingerprint density at radius 2 is 1.86 bits per heavy atom. The van der Waals surface area contributed by atoms with Crippen LogP contribution in [0.1, 0.15) is 11.1 Å². The zero-order valence-corrected chi connectivity index (χ0v) is 16.6. The number of hydrogen-bond acceptors (Lipinski definition) is 3. The number of aromatic nitrogens is 1. The summed E-state index contributed by atoms with van der Waals surface area (Å²) < 4.78 is 41.7. The number of benzene rings is 2. The summed E-state index contributed by atoms with van der Waals surface area (Å²) in [7, 11) is -3.60. The number of fused-ring (bicyclic) bond motifs is 1. The molecule has 0 aliphatic heterocycles. The molecule has 28 heavy (non-hydrogen) atoms. The molecule has 144 valence electrons. The van der Waals surface area contributed by atoms with Gasteiger partial charge in [0.05, 0.1) is 0 Å². The highest BCUT2D eigenvalue weighted by Gasteiger charge is 2.25. The molecule has 0 aliphatic rings. The number of nitrogens with one attached hydrogen (secondary N) is 1. The molecule has 0 spiro atoms. The number of H-pyrrole nitrogens is 1. The number of aromatic amines is 1. The monoisotopic (exact) mass is 414 g/mol. The Hall–Kier alpha value is -2.48. The molecule has 0 fully saturated rings. The van der Waals surface area contributed by atoms with E-state index in [-0.39, 0.29) is 12.4 Å². The van der Waals surface area contributed by atoms with Gasteiger partial charge < -0.3 is 4.98 Å². The summed E-state index contributed by atoms with van der Waals surface area (Å²) in [6.07, 6.45) is 2.31. The second kappa shape index (κ2) is 7.87. The summed E-state index contributed by atoms with van der Waals surface area (Å²) in [5.41, 5.74) is 2.66. The van der Waals surface area contributed by atoms with Crippen LogP contribution in [-0.2, 0) is 23.0 Å². The lowest BCUT2D eigenvalue weighted by molar-refractivity contribution is 0.411. The number of sulfonamides is 1. The first-order valence-corrected chi connectivity index (χ1v) is 11.2. The number of hydrogen-bond donors (Lipinski definition) is 1. The van der Waals surface area contributed by atoms with E-state index in [2.05, 4.69) is 4.98 Å². The Morgan fingerprint density at radius 1 is 1.04 bits per heavy atom. The number of halogens is 1. The fourth-order valence-corrected chi connectivity index (χ4v) is 5.78. The molecule has 0 saturated carbocycles. The van der Waals surface area contributed by atoms with E-state index in [1.165, 1.54) is 27.8 Å². The van der Waals surface area contributed by atoms with Crippen molar-refractivity contribution >= 4 is 32.3 Å². The lowest BCUT2D eigenvalue weighted by Crippen LogP contribution is -2.32. The van der Waals surface area contributed by atoms with E-state index >= 15 is 0 Å². The molecule has 0 bridgehead atoms. The highest BCUT2D eigenvalue weighted by molar-refractivity contribution is 7.91. The van der Waals surface area contributed by atoms with Gasteiger partial charge >= 0.3 is 0 Å². The maximum atomic E-state index is 13.6. The molecule has 1 N–H and O–H groups in total. The molecule has 2 aromatic carbocycles. The third-order valence-electron chi connectivity index (χ3n) is 4.65. The molecule has 4 rings (SSSR count). The summed E-state index contributed by atoms with van der Waals surface area (Å²) >= 11 is 1.21. The molecule has 4 nitrogen and oxygen atoms in total. The average Bonchev–Trinajstić information content (AvgIpc) is 3.36. The summed E-state index contributed by atoms with van der Waals surface area (Å²) in [5, 5.41) is 2.55. The van der Waals surface area contributed by atoms with Crippen LogP contribution < -0.4 is 0 Å². The zero-order valence-electron chi connectivity index (χ0n) is 15.0. The molecule has 0 amide bonds. The van der Waals surface area contributed by atoms with E-state index < -0.39 is 10.0 Å². The molecule has 2 aromatic heterocycles. The number of rotatable bonds is 7. The highest BCUT2D eigenvalue weighted by atomic mass is 32.2. The van der Waals surface area contributed by atoms with Crippen LogP contribution in [0, 0.1) is 5.82 Å². The third-order valence-corrected chi connectivity index (χ3v) is 7.87. The fourth-order valence-electron chi connectivity index (χ4n) is 3.21. The summed E-state index contributed by atoms with van der Waals surface area (Å²) in [4.78, 5) is 3.12. The first kappa shape index (κ1) is 18.9. The number of nitrogens with zero attached hydrogens (tertiary/aromatic N) is 1. The van der Waals surface area contributed by atoms with Crippen LogP contribution >= 0.6 is 11.3 Å². The minimum absolute atomic E-state index is 0.289. The van der Waals surface area contributed by atoms with Gasteiger partial charge in [-0.1, -0.05) is 36.4 Å². The molecular weight excluding hydrogens is 395 g/mol. The van der Waals surface area contributed by atoms with Crippen molar-refractivity contribution in [3.05, 3.63) is 89.2 Å². The van der Waals surface area contributed by atoms with Gasteiger partial charge in [0.2, 0.25) is 0 Å². The Kier molecular flexibility index (Phi) is 5.30. The smallest absolute Gasteiger partial charge is 0.252 e. The minimum Gasteiger partial charge on any atom is -0.361 e. The molecule has 4 aromatic rings. The van der Waals surface area contributed by atoms with Gasteiger partial charge in [-0.2, -0.15) is 4.31 Å². The van der Waals surface area contributed by atoms with Crippen LogP contribution in [0.5, 0.6) is 0 Å². The summed E-state index contributed by atoms with van der Waals surface area (Å²) in [6.45, 7) is 0.594. The Morgan fingerprint density at radius 3 is 2.61 bits per heavy atom. The predicted octanol–water partition coefficient (Wildman–Crippen LogP) is 4.80. The van der Waals surface area contributed by atoms with Gasteiger partial charge in [-0.3, -0.25) is 0 Å². The fraction of sp³-hybridized carbons (Fsp3) is 0.143. The van der Waals surface area contributed by atoms with Crippen molar-refractivity contribution in [2.75, 3.05) is 6.54 Å². The zero-order chi connectivity index (χ0) is 19.6. The SMILES string of the molecule is O=S(=O)(c1cccs1)N(CCc1c[nH]c2ccc(F)cc12)Cc1ccccc1. The van der Waals surface area contributed by atoms with E-state index in [0.29, 0.717) is 17.2 Å². The third kappa shape index (κ3) is 3.87. The lowest BCUT2D eigenvalue weighted by atomic mass is 10.1. The van der Waals surface area contributed by atoms with Crippen LogP contribution in [-0.4, -0.2) is 24.3 Å². The van der Waals surface area contributed by atoms with E-state index in [9.17, 15) is 12.8 Å². The van der Waals surface area contributed by atoms with Crippen molar-refractivity contribution in [1.82, 2.24) is 9.29 Å². The summed E-state index contributed by atoms with van der Waals surface area (Å²) in [5.74, 6) is -0.305. The largest absolute Gasteiger partial charge is 0.361 e. The molecule has 0 atom stereocenters. The molecule has 7 heteroatoms. The first-order valence-electron chi connectivity index (χ1n) is 8.87. The van der Waals surface area contributed by atoms with Crippen molar-refractivity contribution in [3.63, 3.8) is 0 Å². The Balaban J connectivity index is 1.62. The van der Waals surface area contributed by atoms with Crippen LogP contribution in [0.4, 0.5) is 4.39 Å². The maximum Gasteiger partial charge on any atom is 0.252 e. The first-order chi connectivity index (χ1) is 13.5. The van der Waals surface area contributed by atoms with Gasteiger partial charge in [0, 0.05) is 30.2 Å². The normalized spacial score (nSPS) is 12.1. The van der Waals surface area contributed by atoms with Crippen molar-refractivity contribution in [2.45, 2.75) is 17.2 Å². The van der Waals surface area contributed by atoms with Gasteiger partial charge in [0.1, 0.15) is 10.0 Å². The Bertz CT molecular complexity index is 1170. The van der Waals surface area contributed by atoms with Crippen molar-refractivity contribution in [2.24, 2.45) is 0 Å². The second-order valence-corrected chi connectivity index (χ2v) is 9.62. The lowest BCUT2D eigenvalue weighted by Gasteiger charge is -2.21. The molecule has 0 unspecified atom stereocenters. The predicted molar refractivity (Wildman–Crippen MR) is 110 cm³/mol. The second-order valence-electron chi connectivity index (χ2n) is 6.51. The van der Waals surface area contributed by atoms with Gasteiger partial charge in [-0.25, -0.2) is 12.8 Å². The van der Waals surface area contributed by atoms with Gasteiger partial charge in [0.25, 0.3) is 10.0 Å². The van der Waals surface area contributed by atoms with E-state index in [0.717, 1.165) is 22.0 Å². The van der Waals surface area contributed by atoms with E-state index in [1.54, 1.807) is 23.6 Å². The molecule has 0 radical (unpaired) electrons. The molecule has 0 saturated heterocycles. The molecule has 2 heterocycles. The minimum atomic E-state index is -3.60. The van der Waals surface area contributed by atoms with Crippen LogP contribution in [0.3, 0.4) is 0 Å². The van der Waals surface area contributed by atoms with Crippen LogP contribution in [0.25, 0.3) is 10.9 Å².